The lowest BCUT2D eigenvalue weighted by Gasteiger charge is -2.17. The zero-order chi connectivity index (χ0) is 14.3. The second-order valence-corrected chi connectivity index (χ2v) is 7.19. The number of hydrogen-bond acceptors (Lipinski definition) is 5. The maximum absolute atomic E-state index is 12.5. The van der Waals surface area contributed by atoms with Crippen LogP contribution < -0.4 is 5.32 Å². The average Bonchev–Trinajstić information content (AvgIpc) is 2.99. The summed E-state index contributed by atoms with van der Waals surface area (Å²) in [5, 5.41) is 14.0. The molecule has 2 heterocycles. The quantitative estimate of drug-likeness (QED) is 0.654. The van der Waals surface area contributed by atoms with Gasteiger partial charge in [-0.25, -0.2) is 8.42 Å². The Kier molecular flexibility index (Phi) is 4.52. The first kappa shape index (κ1) is 16.2. The minimum atomic E-state index is -3.64. The lowest BCUT2D eigenvalue weighted by molar-refractivity contribution is -0.385. The van der Waals surface area contributed by atoms with Gasteiger partial charge in [-0.05, 0) is 31.0 Å². The third-order valence-electron chi connectivity index (χ3n) is 4.02. The van der Waals surface area contributed by atoms with Crippen molar-refractivity contribution in [1.82, 2.24) is 9.62 Å². The monoisotopic (exact) mass is 333 g/mol. The number of benzene rings is 1. The average molecular weight is 334 g/mol. The fourth-order valence-electron chi connectivity index (χ4n) is 2.92. The van der Waals surface area contributed by atoms with E-state index in [4.69, 9.17) is 0 Å². The van der Waals surface area contributed by atoms with Crippen molar-refractivity contribution in [2.24, 2.45) is 11.8 Å². The molecule has 0 saturated carbocycles. The Balaban J connectivity index is 0.00000161. The Bertz CT molecular complexity index is 640. The Hall–Kier alpha value is -1.22. The third-order valence-corrected chi connectivity index (χ3v) is 5.85. The highest BCUT2D eigenvalue weighted by Crippen LogP contribution is 2.31. The summed E-state index contributed by atoms with van der Waals surface area (Å²) in [4.78, 5) is 10.2. The maximum atomic E-state index is 12.5. The SMILES string of the molecule is Cl.O=[N+]([O-])c1cccc(S(=O)(=O)N2C[C@H]3CNC[C@H]3C2)c1. The molecule has 1 N–H and O–H groups in total. The Morgan fingerprint density at radius 2 is 1.86 bits per heavy atom. The number of nitro benzene ring substituents is 1. The molecule has 7 nitrogen and oxygen atoms in total. The number of hydrogen-bond donors (Lipinski definition) is 1. The van der Waals surface area contributed by atoms with Crippen molar-refractivity contribution in [1.29, 1.82) is 0 Å². The van der Waals surface area contributed by atoms with E-state index in [1.807, 2.05) is 0 Å². The van der Waals surface area contributed by atoms with Crippen LogP contribution in [0.3, 0.4) is 0 Å². The van der Waals surface area contributed by atoms with Crippen LogP contribution in [-0.2, 0) is 10.0 Å². The standard InChI is InChI=1S/C12H15N3O4S.ClH/c16-15(17)11-2-1-3-12(4-11)20(18,19)14-7-9-5-13-6-10(9)8-14;/h1-4,9-10,13H,5-8H2;1H/t9-,10+;. The van der Waals surface area contributed by atoms with E-state index < -0.39 is 14.9 Å². The minimum absolute atomic E-state index is 0. The molecule has 1 aromatic rings. The van der Waals surface area contributed by atoms with Crippen LogP contribution in [0.1, 0.15) is 0 Å². The number of nitrogens with zero attached hydrogens (tertiary/aromatic N) is 2. The van der Waals surface area contributed by atoms with E-state index in [2.05, 4.69) is 5.32 Å². The molecule has 0 unspecified atom stereocenters. The van der Waals surface area contributed by atoms with Crippen molar-refractivity contribution in [2.75, 3.05) is 26.2 Å². The van der Waals surface area contributed by atoms with Gasteiger partial charge in [0.25, 0.3) is 5.69 Å². The highest BCUT2D eigenvalue weighted by Gasteiger charge is 2.41. The Morgan fingerprint density at radius 1 is 1.24 bits per heavy atom. The van der Waals surface area contributed by atoms with E-state index in [0.717, 1.165) is 19.2 Å². The van der Waals surface area contributed by atoms with Crippen LogP contribution in [0.2, 0.25) is 0 Å². The number of sulfonamides is 1. The van der Waals surface area contributed by atoms with Crippen LogP contribution in [0.5, 0.6) is 0 Å². The van der Waals surface area contributed by atoms with Crippen LogP contribution >= 0.6 is 12.4 Å². The zero-order valence-electron chi connectivity index (χ0n) is 11.1. The summed E-state index contributed by atoms with van der Waals surface area (Å²) >= 11 is 0. The number of nitro groups is 1. The number of fused-ring (bicyclic) bond motifs is 1. The first-order chi connectivity index (χ1) is 9.48. The number of halogens is 1. The van der Waals surface area contributed by atoms with Gasteiger partial charge < -0.3 is 5.32 Å². The summed E-state index contributed by atoms with van der Waals surface area (Å²) in [6.07, 6.45) is 0. The molecule has 2 atom stereocenters. The topological polar surface area (TPSA) is 92.5 Å². The molecule has 0 radical (unpaired) electrons. The molecular weight excluding hydrogens is 318 g/mol. The number of rotatable bonds is 3. The zero-order valence-corrected chi connectivity index (χ0v) is 12.8. The predicted octanol–water partition coefficient (Wildman–Crippen LogP) is 0.856. The van der Waals surface area contributed by atoms with Gasteiger partial charge in [0.2, 0.25) is 10.0 Å². The molecule has 116 valence electrons. The summed E-state index contributed by atoms with van der Waals surface area (Å²) in [5.74, 6) is 0.701. The predicted molar refractivity (Wildman–Crippen MR) is 79.0 cm³/mol. The molecule has 2 fully saturated rings. The lowest BCUT2D eigenvalue weighted by Crippen LogP contribution is -2.31. The molecule has 2 aliphatic heterocycles. The Morgan fingerprint density at radius 3 is 2.43 bits per heavy atom. The van der Waals surface area contributed by atoms with Gasteiger partial charge in [0.15, 0.2) is 0 Å². The normalized spacial score (nSPS) is 25.3. The summed E-state index contributed by atoms with van der Waals surface area (Å²) in [6.45, 7) is 2.66. The summed E-state index contributed by atoms with van der Waals surface area (Å²) in [7, 11) is -3.64. The number of non-ortho nitro benzene ring substituents is 1. The first-order valence-electron chi connectivity index (χ1n) is 6.44. The van der Waals surface area contributed by atoms with Gasteiger partial charge in [0.05, 0.1) is 9.82 Å². The third kappa shape index (κ3) is 2.89. The molecule has 0 spiro atoms. The van der Waals surface area contributed by atoms with Crippen molar-refractivity contribution in [3.63, 3.8) is 0 Å². The molecule has 3 rings (SSSR count). The van der Waals surface area contributed by atoms with Crippen LogP contribution in [0.4, 0.5) is 5.69 Å². The summed E-state index contributed by atoms with van der Waals surface area (Å²) in [5.41, 5.74) is -0.202. The van der Waals surface area contributed by atoms with E-state index in [1.54, 1.807) is 0 Å². The highest BCUT2D eigenvalue weighted by atomic mass is 35.5. The molecule has 0 aromatic heterocycles. The van der Waals surface area contributed by atoms with Crippen molar-refractivity contribution in [3.05, 3.63) is 34.4 Å². The first-order valence-corrected chi connectivity index (χ1v) is 7.88. The lowest BCUT2D eigenvalue weighted by atomic mass is 10.0. The van der Waals surface area contributed by atoms with Crippen LogP contribution in [0.15, 0.2) is 29.2 Å². The maximum Gasteiger partial charge on any atom is 0.270 e. The van der Waals surface area contributed by atoms with E-state index in [9.17, 15) is 18.5 Å². The molecule has 2 saturated heterocycles. The Labute approximate surface area is 128 Å². The van der Waals surface area contributed by atoms with E-state index in [-0.39, 0.29) is 23.0 Å². The van der Waals surface area contributed by atoms with Crippen LogP contribution in [-0.4, -0.2) is 43.8 Å². The van der Waals surface area contributed by atoms with Crippen LogP contribution in [0.25, 0.3) is 0 Å². The van der Waals surface area contributed by atoms with Gasteiger partial charge in [-0.3, -0.25) is 10.1 Å². The number of nitrogens with one attached hydrogen (secondary N) is 1. The summed E-state index contributed by atoms with van der Waals surface area (Å²) < 4.78 is 26.5. The van der Waals surface area contributed by atoms with Crippen molar-refractivity contribution in [3.8, 4) is 0 Å². The molecule has 0 aliphatic carbocycles. The molecule has 1 aromatic carbocycles. The molecule has 0 bridgehead atoms. The van der Waals surface area contributed by atoms with Gasteiger partial charge in [-0.2, -0.15) is 4.31 Å². The van der Waals surface area contributed by atoms with Gasteiger partial charge in [0, 0.05) is 25.2 Å². The van der Waals surface area contributed by atoms with E-state index in [0.29, 0.717) is 24.9 Å². The van der Waals surface area contributed by atoms with Gasteiger partial charge >= 0.3 is 0 Å². The largest absolute Gasteiger partial charge is 0.316 e. The molecule has 2 aliphatic rings. The van der Waals surface area contributed by atoms with E-state index in [1.165, 1.54) is 22.5 Å². The minimum Gasteiger partial charge on any atom is -0.316 e. The fraction of sp³-hybridized carbons (Fsp3) is 0.500. The van der Waals surface area contributed by atoms with Gasteiger partial charge in [-0.1, -0.05) is 6.07 Å². The molecular formula is C12H16ClN3O4S. The second kappa shape index (κ2) is 5.88. The second-order valence-electron chi connectivity index (χ2n) is 5.25. The highest BCUT2D eigenvalue weighted by molar-refractivity contribution is 7.89. The van der Waals surface area contributed by atoms with Gasteiger partial charge in [-0.15, -0.1) is 12.4 Å². The smallest absolute Gasteiger partial charge is 0.270 e. The molecule has 0 amide bonds. The van der Waals surface area contributed by atoms with E-state index >= 15 is 0 Å². The molecule has 9 heteroatoms. The molecule has 21 heavy (non-hydrogen) atoms. The summed E-state index contributed by atoms with van der Waals surface area (Å²) in [6, 6.07) is 5.24. The van der Waals surface area contributed by atoms with Crippen LogP contribution in [0, 0.1) is 22.0 Å². The van der Waals surface area contributed by atoms with Gasteiger partial charge in [0.1, 0.15) is 0 Å². The fourth-order valence-corrected chi connectivity index (χ4v) is 4.51. The van der Waals surface area contributed by atoms with Crippen molar-refractivity contribution < 1.29 is 13.3 Å². The van der Waals surface area contributed by atoms with Crippen molar-refractivity contribution in [2.45, 2.75) is 4.90 Å². The van der Waals surface area contributed by atoms with Crippen molar-refractivity contribution >= 4 is 28.1 Å².